The zero-order valence-corrected chi connectivity index (χ0v) is 11.3. The molecular weight excluding hydrogens is 287 g/mol. The number of carbonyl (C=O) groups is 1. The minimum Gasteiger partial charge on any atom is -0.409 e. The average Bonchev–Trinajstić information content (AvgIpc) is 2.45. The number of hydrogen-bond acceptors (Lipinski definition) is 3. The minimum atomic E-state index is -4.43. The lowest BCUT2D eigenvalue weighted by Crippen LogP contribution is -2.38. The number of benzene rings is 1. The predicted molar refractivity (Wildman–Crippen MR) is 70.5 cm³/mol. The third-order valence-corrected chi connectivity index (χ3v) is 2.92. The van der Waals surface area contributed by atoms with E-state index in [1.807, 2.05) is 0 Å². The molecule has 1 aromatic rings. The third-order valence-electron chi connectivity index (χ3n) is 2.92. The molecule has 116 valence electrons. The molecule has 0 heterocycles. The first kappa shape index (κ1) is 16.8. The fourth-order valence-electron chi connectivity index (χ4n) is 1.77. The second-order valence-electron chi connectivity index (χ2n) is 4.40. The van der Waals surface area contributed by atoms with Crippen LogP contribution in [0.4, 0.5) is 13.2 Å². The van der Waals surface area contributed by atoms with Gasteiger partial charge in [-0.3, -0.25) is 4.79 Å². The Kier molecular flexibility index (Phi) is 5.57. The predicted octanol–water partition coefficient (Wildman–Crippen LogP) is 2.09. The Morgan fingerprint density at radius 2 is 2.14 bits per heavy atom. The van der Waals surface area contributed by atoms with Gasteiger partial charge in [0.2, 0.25) is 5.91 Å². The van der Waals surface area contributed by atoms with Gasteiger partial charge in [-0.2, -0.15) is 13.2 Å². The average molecular weight is 303 g/mol. The Hall–Kier alpha value is -2.25. The van der Waals surface area contributed by atoms with E-state index < -0.39 is 23.6 Å². The zero-order valence-electron chi connectivity index (χ0n) is 11.3. The molecule has 0 aromatic heterocycles. The third kappa shape index (κ3) is 4.66. The van der Waals surface area contributed by atoms with E-state index in [9.17, 15) is 18.0 Å². The van der Waals surface area contributed by atoms with E-state index in [1.165, 1.54) is 12.1 Å². The lowest BCUT2D eigenvalue weighted by molar-refractivity contribution is -0.137. The van der Waals surface area contributed by atoms with Crippen molar-refractivity contribution in [3.8, 4) is 0 Å². The summed E-state index contributed by atoms with van der Waals surface area (Å²) in [7, 11) is 0. The van der Waals surface area contributed by atoms with Gasteiger partial charge in [0.05, 0.1) is 11.5 Å². The van der Waals surface area contributed by atoms with E-state index in [0.29, 0.717) is 12.0 Å². The summed E-state index contributed by atoms with van der Waals surface area (Å²) < 4.78 is 37.7. The van der Waals surface area contributed by atoms with Crippen LogP contribution in [-0.4, -0.2) is 17.0 Å². The molecule has 0 aliphatic carbocycles. The van der Waals surface area contributed by atoms with Crippen LogP contribution < -0.4 is 11.1 Å². The SMILES string of the molecule is CCC(C(=O)NCc1cccc(C(F)(F)F)c1)C(N)=NO. The molecule has 0 aliphatic rings. The van der Waals surface area contributed by atoms with Crippen molar-refractivity contribution in [3.63, 3.8) is 0 Å². The summed E-state index contributed by atoms with van der Waals surface area (Å²) in [6.07, 6.45) is -4.12. The fourth-order valence-corrected chi connectivity index (χ4v) is 1.77. The van der Waals surface area contributed by atoms with Crippen LogP contribution in [0.5, 0.6) is 0 Å². The number of nitrogens with one attached hydrogen (secondary N) is 1. The zero-order chi connectivity index (χ0) is 16.0. The molecule has 8 heteroatoms. The Morgan fingerprint density at radius 1 is 1.48 bits per heavy atom. The summed E-state index contributed by atoms with van der Waals surface area (Å²) >= 11 is 0. The maximum atomic E-state index is 12.6. The van der Waals surface area contributed by atoms with Crippen LogP contribution in [0.1, 0.15) is 24.5 Å². The van der Waals surface area contributed by atoms with Gasteiger partial charge in [0, 0.05) is 6.54 Å². The number of oxime groups is 1. The van der Waals surface area contributed by atoms with E-state index in [2.05, 4.69) is 10.5 Å². The van der Waals surface area contributed by atoms with E-state index in [-0.39, 0.29) is 12.4 Å². The number of nitrogens with zero attached hydrogens (tertiary/aromatic N) is 1. The smallest absolute Gasteiger partial charge is 0.409 e. The van der Waals surface area contributed by atoms with Crippen LogP contribution in [0.3, 0.4) is 0 Å². The Labute approximate surface area is 119 Å². The summed E-state index contributed by atoms with van der Waals surface area (Å²) in [6, 6.07) is 4.66. The Bertz CT molecular complexity index is 530. The highest BCUT2D eigenvalue weighted by molar-refractivity contribution is 6.01. The van der Waals surface area contributed by atoms with Crippen molar-refractivity contribution in [1.29, 1.82) is 0 Å². The fraction of sp³-hybridized carbons (Fsp3) is 0.385. The standard InChI is InChI=1S/C13H16F3N3O2/c1-2-10(11(17)19-21)12(20)18-7-8-4-3-5-9(6-8)13(14,15)16/h3-6,10,21H,2,7H2,1H3,(H2,17,19)(H,18,20). The van der Waals surface area contributed by atoms with Gasteiger partial charge < -0.3 is 16.3 Å². The normalized spacial score (nSPS) is 13.8. The van der Waals surface area contributed by atoms with Gasteiger partial charge in [-0.05, 0) is 24.1 Å². The topological polar surface area (TPSA) is 87.7 Å². The van der Waals surface area contributed by atoms with E-state index >= 15 is 0 Å². The molecule has 1 amide bonds. The van der Waals surface area contributed by atoms with Gasteiger partial charge in [-0.15, -0.1) is 0 Å². The van der Waals surface area contributed by atoms with Crippen molar-refractivity contribution in [2.24, 2.45) is 16.8 Å². The van der Waals surface area contributed by atoms with Crippen molar-refractivity contribution in [3.05, 3.63) is 35.4 Å². The quantitative estimate of drug-likeness (QED) is 0.337. The lowest BCUT2D eigenvalue weighted by Gasteiger charge is -2.14. The van der Waals surface area contributed by atoms with Crippen LogP contribution in [0, 0.1) is 5.92 Å². The molecule has 0 saturated carbocycles. The molecule has 0 spiro atoms. The van der Waals surface area contributed by atoms with E-state index in [0.717, 1.165) is 12.1 Å². The number of rotatable bonds is 5. The molecule has 1 unspecified atom stereocenters. The highest BCUT2D eigenvalue weighted by atomic mass is 19.4. The number of nitrogens with two attached hydrogens (primary N) is 1. The number of carbonyl (C=O) groups excluding carboxylic acids is 1. The van der Waals surface area contributed by atoms with Crippen LogP contribution in [0.25, 0.3) is 0 Å². The largest absolute Gasteiger partial charge is 0.416 e. The first-order chi connectivity index (χ1) is 9.79. The van der Waals surface area contributed by atoms with Crippen molar-refractivity contribution in [1.82, 2.24) is 5.32 Å². The van der Waals surface area contributed by atoms with Crippen LogP contribution >= 0.6 is 0 Å². The molecular formula is C13H16F3N3O2. The molecule has 0 radical (unpaired) electrons. The second-order valence-corrected chi connectivity index (χ2v) is 4.40. The second kappa shape index (κ2) is 6.96. The highest BCUT2D eigenvalue weighted by Gasteiger charge is 2.30. The van der Waals surface area contributed by atoms with Crippen molar-refractivity contribution < 1.29 is 23.2 Å². The molecule has 1 atom stereocenters. The maximum absolute atomic E-state index is 12.6. The Morgan fingerprint density at radius 3 is 2.67 bits per heavy atom. The van der Waals surface area contributed by atoms with E-state index in [1.54, 1.807) is 6.92 Å². The van der Waals surface area contributed by atoms with Gasteiger partial charge >= 0.3 is 6.18 Å². The summed E-state index contributed by atoms with van der Waals surface area (Å²) in [5.41, 5.74) is 4.90. The van der Waals surface area contributed by atoms with Gasteiger partial charge in [-0.25, -0.2) is 0 Å². The van der Waals surface area contributed by atoms with Crippen molar-refractivity contribution in [2.75, 3.05) is 0 Å². The molecule has 4 N–H and O–H groups in total. The summed E-state index contributed by atoms with van der Waals surface area (Å²) in [5.74, 6) is -1.56. The highest BCUT2D eigenvalue weighted by Crippen LogP contribution is 2.29. The molecule has 0 fully saturated rings. The summed E-state index contributed by atoms with van der Waals surface area (Å²) in [5, 5.41) is 13.8. The van der Waals surface area contributed by atoms with Gasteiger partial charge in [0.15, 0.2) is 5.84 Å². The van der Waals surface area contributed by atoms with Gasteiger partial charge in [0.25, 0.3) is 0 Å². The van der Waals surface area contributed by atoms with Gasteiger partial charge in [-0.1, -0.05) is 24.2 Å². The van der Waals surface area contributed by atoms with Crippen molar-refractivity contribution >= 4 is 11.7 Å². The molecule has 0 bridgehead atoms. The number of halogens is 3. The molecule has 21 heavy (non-hydrogen) atoms. The maximum Gasteiger partial charge on any atom is 0.416 e. The van der Waals surface area contributed by atoms with Crippen LogP contribution in [0.2, 0.25) is 0 Å². The number of amides is 1. The molecule has 1 aromatic carbocycles. The summed E-state index contributed by atoms with van der Waals surface area (Å²) in [6.45, 7) is 1.60. The summed E-state index contributed by atoms with van der Waals surface area (Å²) in [4.78, 5) is 11.8. The van der Waals surface area contributed by atoms with Crippen molar-refractivity contribution in [2.45, 2.75) is 26.1 Å². The monoisotopic (exact) mass is 303 g/mol. The first-order valence-electron chi connectivity index (χ1n) is 6.20. The van der Waals surface area contributed by atoms with Crippen LogP contribution in [0.15, 0.2) is 29.4 Å². The number of hydrogen-bond donors (Lipinski definition) is 3. The Balaban J connectivity index is 2.73. The van der Waals surface area contributed by atoms with Crippen LogP contribution in [-0.2, 0) is 17.5 Å². The molecule has 0 aliphatic heterocycles. The number of amidine groups is 1. The molecule has 0 saturated heterocycles. The molecule has 1 rings (SSSR count). The lowest BCUT2D eigenvalue weighted by atomic mass is 10.0. The van der Waals surface area contributed by atoms with E-state index in [4.69, 9.17) is 10.9 Å². The van der Waals surface area contributed by atoms with Gasteiger partial charge in [0.1, 0.15) is 0 Å². The first-order valence-corrected chi connectivity index (χ1v) is 6.20. The molecule has 5 nitrogen and oxygen atoms in total. The minimum absolute atomic E-state index is 0.0715. The number of alkyl halides is 3.